The molecule has 0 bridgehead atoms. The van der Waals surface area contributed by atoms with Gasteiger partial charge in [-0.3, -0.25) is 9.36 Å². The van der Waals surface area contributed by atoms with Crippen molar-refractivity contribution in [3.8, 4) is 0 Å². The summed E-state index contributed by atoms with van der Waals surface area (Å²) in [6.07, 6.45) is 4.49. The van der Waals surface area contributed by atoms with Crippen LogP contribution in [-0.2, 0) is 13.9 Å². The van der Waals surface area contributed by atoms with Crippen LogP contribution in [0.3, 0.4) is 0 Å². The van der Waals surface area contributed by atoms with Crippen molar-refractivity contribution in [1.29, 1.82) is 0 Å². The second-order valence-corrected chi connectivity index (χ2v) is 7.90. The molecular weight excluding hydrogens is 303 g/mol. The van der Waals surface area contributed by atoms with Crippen LogP contribution in [0.15, 0.2) is 0 Å². The summed E-state index contributed by atoms with van der Waals surface area (Å²) in [5.74, 6) is -0.201. The molecule has 1 fully saturated rings. The predicted molar refractivity (Wildman–Crippen MR) is 88.3 cm³/mol. The molecule has 0 aromatic heterocycles. The summed E-state index contributed by atoms with van der Waals surface area (Å²) in [6.45, 7) is 5.49. The van der Waals surface area contributed by atoms with E-state index in [1.165, 1.54) is 0 Å². The van der Waals surface area contributed by atoms with Crippen LogP contribution in [0.5, 0.6) is 0 Å². The summed E-state index contributed by atoms with van der Waals surface area (Å²) in [7, 11) is -2.06. The second-order valence-electron chi connectivity index (χ2n) is 6.71. The van der Waals surface area contributed by atoms with Crippen LogP contribution < -0.4 is 11.1 Å². The minimum absolute atomic E-state index is 0.0517. The van der Waals surface area contributed by atoms with E-state index in [2.05, 4.69) is 5.32 Å². The first-order valence-electron chi connectivity index (χ1n) is 8.17. The molecule has 6 nitrogen and oxygen atoms in total. The maximum Gasteiger partial charge on any atom is 0.237 e. The van der Waals surface area contributed by atoms with E-state index in [0.717, 1.165) is 32.1 Å². The average molecular weight is 334 g/mol. The Hall–Kier alpha value is -0.420. The molecule has 1 saturated carbocycles. The van der Waals surface area contributed by atoms with Crippen LogP contribution in [0, 0.1) is 5.92 Å². The van der Waals surface area contributed by atoms with Gasteiger partial charge in [-0.25, -0.2) is 0 Å². The maximum atomic E-state index is 11.8. The predicted octanol–water partition coefficient (Wildman–Crippen LogP) is 1.66. The summed E-state index contributed by atoms with van der Waals surface area (Å²) < 4.78 is 17.2. The number of rotatable bonds is 8. The van der Waals surface area contributed by atoms with Crippen LogP contribution in [0.4, 0.5) is 0 Å². The fraction of sp³-hybridized carbons (Fsp3) is 0.933. The molecule has 22 heavy (non-hydrogen) atoms. The zero-order valence-corrected chi connectivity index (χ0v) is 14.9. The number of carbonyl (C=O) groups excluding carboxylic acids is 1. The van der Waals surface area contributed by atoms with Crippen molar-refractivity contribution >= 4 is 13.9 Å². The number of hydrogen-bond acceptors (Lipinski definition) is 5. The lowest BCUT2D eigenvalue weighted by atomic mass is 9.81. The Morgan fingerprint density at radius 3 is 2.45 bits per heavy atom. The number of carbonyl (C=O) groups is 1. The number of aliphatic hydroxyl groups excluding tert-OH is 1. The summed E-state index contributed by atoms with van der Waals surface area (Å²) in [5, 5.41) is 12.9. The van der Waals surface area contributed by atoms with Crippen molar-refractivity contribution in [2.75, 3.05) is 13.2 Å². The molecular formula is C15H31N2O4P. The van der Waals surface area contributed by atoms with Gasteiger partial charge in [0.2, 0.25) is 5.91 Å². The quantitative estimate of drug-likeness (QED) is 0.586. The zero-order valence-electron chi connectivity index (χ0n) is 13.9. The highest BCUT2D eigenvalue weighted by molar-refractivity contribution is 7.38. The molecule has 0 saturated heterocycles. The van der Waals surface area contributed by atoms with Crippen LogP contribution >= 0.6 is 8.03 Å². The largest absolute Gasteiger partial charge is 0.391 e. The van der Waals surface area contributed by atoms with Gasteiger partial charge in [0.1, 0.15) is 0 Å². The molecule has 1 rings (SSSR count). The first-order chi connectivity index (χ1) is 10.3. The molecule has 0 aromatic carbocycles. The number of nitrogens with one attached hydrogen (secondary N) is 1. The van der Waals surface area contributed by atoms with E-state index in [9.17, 15) is 14.5 Å². The monoisotopic (exact) mass is 334 g/mol. The van der Waals surface area contributed by atoms with Gasteiger partial charge in [0.15, 0.2) is 8.03 Å². The molecule has 1 amide bonds. The molecule has 0 spiro atoms. The van der Waals surface area contributed by atoms with Crippen LogP contribution in [0.25, 0.3) is 0 Å². The summed E-state index contributed by atoms with van der Waals surface area (Å²) >= 11 is 0. The van der Waals surface area contributed by atoms with Gasteiger partial charge in [-0.1, -0.05) is 33.1 Å². The lowest BCUT2D eigenvalue weighted by molar-refractivity contribution is -0.124. The van der Waals surface area contributed by atoms with E-state index < -0.39 is 25.8 Å². The third-order valence-electron chi connectivity index (χ3n) is 4.27. The molecule has 1 unspecified atom stereocenters. The highest BCUT2D eigenvalue weighted by Gasteiger charge is 2.36. The van der Waals surface area contributed by atoms with Gasteiger partial charge in [0.05, 0.1) is 17.7 Å². The third kappa shape index (κ3) is 6.37. The first-order valence-corrected chi connectivity index (χ1v) is 9.98. The fourth-order valence-electron chi connectivity index (χ4n) is 2.99. The molecule has 1 aliphatic rings. The van der Waals surface area contributed by atoms with Gasteiger partial charge in [-0.15, -0.1) is 0 Å². The molecule has 0 aromatic rings. The van der Waals surface area contributed by atoms with Gasteiger partial charge in [-0.05, 0) is 18.8 Å². The van der Waals surface area contributed by atoms with Gasteiger partial charge >= 0.3 is 0 Å². The number of aliphatic hydroxyl groups is 1. The standard InChI is InChI=1S/C15H31N2O4P/c1-11(2)13(16)14(19)17-10-12(18)9-15(21-22(3)20)7-5-4-6-8-15/h11-13,18,22H,4-10,16H2,1-3H3,(H,17,19)/t12-,13+/m1/s1. The van der Waals surface area contributed by atoms with Crippen molar-refractivity contribution in [3.63, 3.8) is 0 Å². The van der Waals surface area contributed by atoms with E-state index in [-0.39, 0.29) is 18.4 Å². The Balaban J connectivity index is 2.51. The second kappa shape index (κ2) is 9.02. The van der Waals surface area contributed by atoms with Crippen molar-refractivity contribution in [2.24, 2.45) is 11.7 Å². The molecule has 4 N–H and O–H groups in total. The normalized spacial score (nSPS) is 22.1. The molecule has 0 aliphatic heterocycles. The van der Waals surface area contributed by atoms with Gasteiger partial charge in [0.25, 0.3) is 0 Å². The smallest absolute Gasteiger partial charge is 0.237 e. The van der Waals surface area contributed by atoms with Crippen LogP contribution in [0.2, 0.25) is 0 Å². The summed E-state index contributed by atoms with van der Waals surface area (Å²) in [5.41, 5.74) is 5.26. The molecule has 7 heteroatoms. The summed E-state index contributed by atoms with van der Waals surface area (Å²) in [6, 6.07) is -0.570. The highest BCUT2D eigenvalue weighted by atomic mass is 31.1. The first kappa shape index (κ1) is 19.6. The number of amides is 1. The van der Waals surface area contributed by atoms with Crippen molar-refractivity contribution in [2.45, 2.75) is 70.1 Å². The maximum absolute atomic E-state index is 11.8. The molecule has 130 valence electrons. The van der Waals surface area contributed by atoms with Crippen molar-refractivity contribution < 1.29 is 19.0 Å². The van der Waals surface area contributed by atoms with Crippen molar-refractivity contribution in [1.82, 2.24) is 5.32 Å². The lowest BCUT2D eigenvalue weighted by Gasteiger charge is -2.38. The minimum Gasteiger partial charge on any atom is -0.391 e. The number of hydrogen-bond donors (Lipinski definition) is 3. The number of nitrogens with two attached hydrogens (primary N) is 1. The average Bonchev–Trinajstić information content (AvgIpc) is 2.43. The Kier molecular flexibility index (Phi) is 8.04. The third-order valence-corrected chi connectivity index (χ3v) is 4.99. The molecule has 0 radical (unpaired) electrons. The van der Waals surface area contributed by atoms with Gasteiger partial charge in [0, 0.05) is 19.6 Å². The van der Waals surface area contributed by atoms with E-state index in [1.807, 2.05) is 13.8 Å². The van der Waals surface area contributed by atoms with Gasteiger partial charge in [-0.2, -0.15) is 0 Å². The lowest BCUT2D eigenvalue weighted by Crippen LogP contribution is -2.47. The molecule has 3 atom stereocenters. The van der Waals surface area contributed by atoms with E-state index in [0.29, 0.717) is 6.42 Å². The summed E-state index contributed by atoms with van der Waals surface area (Å²) in [4.78, 5) is 11.8. The Labute approximate surface area is 134 Å². The van der Waals surface area contributed by atoms with E-state index in [1.54, 1.807) is 6.66 Å². The van der Waals surface area contributed by atoms with E-state index >= 15 is 0 Å². The minimum atomic E-state index is -2.06. The highest BCUT2D eigenvalue weighted by Crippen LogP contribution is 2.41. The van der Waals surface area contributed by atoms with Crippen LogP contribution in [-0.4, -0.2) is 42.0 Å². The van der Waals surface area contributed by atoms with Gasteiger partial charge < -0.3 is 20.7 Å². The topological polar surface area (TPSA) is 102 Å². The zero-order chi connectivity index (χ0) is 16.8. The Bertz CT molecular complexity index is 384. The SMILES string of the molecule is CC(C)[C@H](N)C(=O)NC[C@H](O)CC1(O[PH](C)=O)CCCCC1. The molecule has 0 heterocycles. The van der Waals surface area contributed by atoms with E-state index in [4.69, 9.17) is 10.3 Å². The Morgan fingerprint density at radius 1 is 1.36 bits per heavy atom. The fourth-order valence-corrected chi connectivity index (χ4v) is 3.89. The van der Waals surface area contributed by atoms with Crippen molar-refractivity contribution in [3.05, 3.63) is 0 Å². The Morgan fingerprint density at radius 2 is 1.95 bits per heavy atom. The molecule has 1 aliphatic carbocycles. The van der Waals surface area contributed by atoms with Crippen LogP contribution in [0.1, 0.15) is 52.4 Å².